The predicted molar refractivity (Wildman–Crippen MR) is 115 cm³/mol. The highest BCUT2D eigenvalue weighted by Gasteiger charge is 2.19. The van der Waals surface area contributed by atoms with Gasteiger partial charge in [-0.2, -0.15) is 5.10 Å². The van der Waals surface area contributed by atoms with Crippen LogP contribution in [0.4, 0.5) is 0 Å². The molecular formula is C21H26N4O3S. The number of amides is 1. The van der Waals surface area contributed by atoms with E-state index in [2.05, 4.69) is 10.4 Å². The number of aryl methyl sites for hydroxylation is 1. The molecule has 2 aromatic heterocycles. The smallest absolute Gasteiger partial charge is 0.252 e. The quantitative estimate of drug-likeness (QED) is 0.641. The van der Waals surface area contributed by atoms with Crippen LogP contribution in [0.5, 0.6) is 0 Å². The van der Waals surface area contributed by atoms with Crippen molar-refractivity contribution < 1.29 is 13.2 Å². The average Bonchev–Trinajstić information content (AvgIpc) is 3.11. The molecule has 1 amide bonds. The van der Waals surface area contributed by atoms with Crippen molar-refractivity contribution >= 4 is 26.8 Å². The summed E-state index contributed by atoms with van der Waals surface area (Å²) in [4.78, 5) is 17.7. The van der Waals surface area contributed by atoms with Gasteiger partial charge in [0.2, 0.25) is 0 Å². The number of nitrogens with one attached hydrogen (secondary N) is 1. The number of carbonyl (C=O) groups is 1. The number of nitrogens with zero attached hydrogens (tertiary/aromatic N) is 3. The number of hydrogen-bond donors (Lipinski definition) is 1. The van der Waals surface area contributed by atoms with E-state index in [1.807, 2.05) is 45.0 Å². The van der Waals surface area contributed by atoms with Gasteiger partial charge in [0.15, 0.2) is 15.5 Å². The van der Waals surface area contributed by atoms with E-state index in [0.717, 1.165) is 11.1 Å². The SMILES string of the molecule is CCS(=O)(=O)CCNC(=O)c1cc(-c2ccccc2C)nc2c1cnn2C(C)C. The molecule has 0 saturated heterocycles. The predicted octanol–water partition coefficient (Wildman–Crippen LogP) is 3.15. The summed E-state index contributed by atoms with van der Waals surface area (Å²) in [7, 11) is -3.15. The van der Waals surface area contributed by atoms with Gasteiger partial charge in [0.25, 0.3) is 5.91 Å². The van der Waals surface area contributed by atoms with Gasteiger partial charge in [0.05, 0.1) is 28.6 Å². The Balaban J connectivity index is 2.05. The van der Waals surface area contributed by atoms with Crippen LogP contribution in [0.25, 0.3) is 22.3 Å². The lowest BCUT2D eigenvalue weighted by Crippen LogP contribution is -2.29. The van der Waals surface area contributed by atoms with Crippen molar-refractivity contribution in [2.45, 2.75) is 33.7 Å². The summed E-state index contributed by atoms with van der Waals surface area (Å²) in [5.74, 6) is -0.359. The lowest BCUT2D eigenvalue weighted by atomic mass is 10.0. The summed E-state index contributed by atoms with van der Waals surface area (Å²) in [6, 6.07) is 9.69. The number of carbonyl (C=O) groups excluding carboxylic acids is 1. The van der Waals surface area contributed by atoms with Crippen LogP contribution in [-0.4, -0.2) is 47.1 Å². The molecule has 0 atom stereocenters. The highest BCUT2D eigenvalue weighted by Crippen LogP contribution is 2.28. The number of aromatic nitrogens is 3. The summed E-state index contributed by atoms with van der Waals surface area (Å²) in [5, 5.41) is 7.78. The third kappa shape index (κ3) is 4.48. The second-order valence-electron chi connectivity index (χ2n) is 7.28. The van der Waals surface area contributed by atoms with Crippen molar-refractivity contribution in [1.29, 1.82) is 0 Å². The normalized spacial score (nSPS) is 11.9. The monoisotopic (exact) mass is 414 g/mol. The molecule has 0 unspecified atom stereocenters. The zero-order chi connectivity index (χ0) is 21.2. The van der Waals surface area contributed by atoms with E-state index < -0.39 is 9.84 Å². The summed E-state index contributed by atoms with van der Waals surface area (Å²) in [5.41, 5.74) is 3.74. The standard InChI is InChI=1S/C21H26N4O3S/c1-5-29(27,28)11-10-22-21(26)17-12-19(16-9-7-6-8-15(16)4)24-20-18(17)13-23-25(20)14(2)3/h6-9,12-14H,5,10-11H2,1-4H3,(H,22,26). The van der Waals surface area contributed by atoms with E-state index in [1.54, 1.807) is 23.9 Å². The Labute approximate surface area is 171 Å². The Hall–Kier alpha value is -2.74. The Kier molecular flexibility index (Phi) is 6.02. The molecule has 154 valence electrons. The molecule has 0 radical (unpaired) electrons. The van der Waals surface area contributed by atoms with E-state index in [4.69, 9.17) is 4.98 Å². The zero-order valence-corrected chi connectivity index (χ0v) is 18.0. The molecule has 0 spiro atoms. The molecule has 0 fully saturated rings. The summed E-state index contributed by atoms with van der Waals surface area (Å²) >= 11 is 0. The third-order valence-corrected chi connectivity index (χ3v) is 6.57. The number of fused-ring (bicyclic) bond motifs is 1. The molecule has 0 saturated carbocycles. The lowest BCUT2D eigenvalue weighted by molar-refractivity contribution is 0.0957. The van der Waals surface area contributed by atoms with Gasteiger partial charge >= 0.3 is 0 Å². The number of benzene rings is 1. The fraction of sp³-hybridized carbons (Fsp3) is 0.381. The molecule has 2 heterocycles. The minimum atomic E-state index is -3.15. The fourth-order valence-corrected chi connectivity index (χ4v) is 3.84. The van der Waals surface area contributed by atoms with Crippen LogP contribution in [-0.2, 0) is 9.84 Å². The third-order valence-electron chi connectivity index (χ3n) is 4.86. The van der Waals surface area contributed by atoms with E-state index in [0.29, 0.717) is 22.3 Å². The van der Waals surface area contributed by atoms with Crippen LogP contribution in [0.1, 0.15) is 42.7 Å². The number of sulfone groups is 1. The van der Waals surface area contributed by atoms with E-state index in [9.17, 15) is 13.2 Å². The second-order valence-corrected chi connectivity index (χ2v) is 9.76. The first-order chi connectivity index (χ1) is 13.7. The maximum Gasteiger partial charge on any atom is 0.252 e. The molecule has 1 N–H and O–H groups in total. The molecule has 7 nitrogen and oxygen atoms in total. The first-order valence-electron chi connectivity index (χ1n) is 9.66. The largest absolute Gasteiger partial charge is 0.351 e. The van der Waals surface area contributed by atoms with Gasteiger partial charge in [-0.05, 0) is 32.4 Å². The second kappa shape index (κ2) is 8.32. The van der Waals surface area contributed by atoms with Crippen molar-refractivity contribution in [3.05, 3.63) is 47.7 Å². The number of pyridine rings is 1. The molecule has 8 heteroatoms. The van der Waals surface area contributed by atoms with E-state index in [1.165, 1.54) is 0 Å². The van der Waals surface area contributed by atoms with Gasteiger partial charge in [-0.1, -0.05) is 31.2 Å². The van der Waals surface area contributed by atoms with Crippen LogP contribution in [0.3, 0.4) is 0 Å². The Morgan fingerprint density at radius 3 is 2.62 bits per heavy atom. The Bertz CT molecular complexity index is 1150. The minimum absolute atomic E-state index is 0.0565. The van der Waals surface area contributed by atoms with Crippen molar-refractivity contribution in [3.8, 4) is 11.3 Å². The number of hydrogen-bond acceptors (Lipinski definition) is 5. The van der Waals surface area contributed by atoms with Gasteiger partial charge < -0.3 is 5.32 Å². The molecule has 1 aromatic carbocycles. The van der Waals surface area contributed by atoms with Crippen LogP contribution in [0, 0.1) is 6.92 Å². The van der Waals surface area contributed by atoms with Crippen LogP contribution >= 0.6 is 0 Å². The molecule has 0 aliphatic carbocycles. The maximum atomic E-state index is 12.9. The van der Waals surface area contributed by atoms with Crippen molar-refractivity contribution in [2.75, 3.05) is 18.1 Å². The highest BCUT2D eigenvalue weighted by molar-refractivity contribution is 7.91. The van der Waals surface area contributed by atoms with Gasteiger partial charge in [0, 0.05) is 23.9 Å². The topological polar surface area (TPSA) is 93.9 Å². The summed E-state index contributed by atoms with van der Waals surface area (Å²) in [6.07, 6.45) is 1.64. The summed E-state index contributed by atoms with van der Waals surface area (Å²) < 4.78 is 25.2. The van der Waals surface area contributed by atoms with Gasteiger partial charge in [0.1, 0.15) is 0 Å². The fourth-order valence-electron chi connectivity index (χ4n) is 3.14. The average molecular weight is 415 g/mol. The van der Waals surface area contributed by atoms with Crippen LogP contribution < -0.4 is 5.32 Å². The molecule has 29 heavy (non-hydrogen) atoms. The van der Waals surface area contributed by atoms with E-state index in [-0.39, 0.29) is 30.0 Å². The Morgan fingerprint density at radius 1 is 1.24 bits per heavy atom. The van der Waals surface area contributed by atoms with Crippen molar-refractivity contribution in [1.82, 2.24) is 20.1 Å². The van der Waals surface area contributed by atoms with E-state index >= 15 is 0 Å². The first-order valence-corrected chi connectivity index (χ1v) is 11.5. The Morgan fingerprint density at radius 2 is 1.97 bits per heavy atom. The zero-order valence-electron chi connectivity index (χ0n) is 17.1. The van der Waals surface area contributed by atoms with Crippen LogP contribution in [0.15, 0.2) is 36.5 Å². The molecule has 0 aliphatic heterocycles. The maximum absolute atomic E-state index is 12.9. The molecule has 0 aliphatic rings. The van der Waals surface area contributed by atoms with Gasteiger partial charge in [-0.3, -0.25) is 4.79 Å². The number of rotatable bonds is 7. The first kappa shape index (κ1) is 21.0. The molecular weight excluding hydrogens is 388 g/mol. The summed E-state index contributed by atoms with van der Waals surface area (Å²) in [6.45, 7) is 7.67. The van der Waals surface area contributed by atoms with Crippen molar-refractivity contribution in [2.24, 2.45) is 0 Å². The van der Waals surface area contributed by atoms with Crippen molar-refractivity contribution in [3.63, 3.8) is 0 Å². The molecule has 3 rings (SSSR count). The van der Waals surface area contributed by atoms with Gasteiger partial charge in [-0.25, -0.2) is 18.1 Å². The lowest BCUT2D eigenvalue weighted by Gasteiger charge is -2.12. The molecule has 3 aromatic rings. The van der Waals surface area contributed by atoms with Crippen LogP contribution in [0.2, 0.25) is 0 Å². The minimum Gasteiger partial charge on any atom is -0.351 e. The molecule has 0 bridgehead atoms. The highest BCUT2D eigenvalue weighted by atomic mass is 32.2. The van der Waals surface area contributed by atoms with Gasteiger partial charge in [-0.15, -0.1) is 0 Å².